The van der Waals surface area contributed by atoms with Crippen LogP contribution >= 0.6 is 0 Å². The number of ketones is 1. The van der Waals surface area contributed by atoms with Crippen LogP contribution in [0.15, 0.2) is 0 Å². The van der Waals surface area contributed by atoms with E-state index in [9.17, 15) is 9.59 Å². The summed E-state index contributed by atoms with van der Waals surface area (Å²) in [5.41, 5.74) is 0. The van der Waals surface area contributed by atoms with Gasteiger partial charge in [0.25, 0.3) is 0 Å². The van der Waals surface area contributed by atoms with Crippen LogP contribution in [-0.2, 0) is 9.59 Å². The van der Waals surface area contributed by atoms with Crippen molar-refractivity contribution >= 4 is 11.7 Å². The third-order valence-electron chi connectivity index (χ3n) is 0.586. The van der Waals surface area contributed by atoms with Crippen molar-refractivity contribution in [3.05, 3.63) is 0 Å². The van der Waals surface area contributed by atoms with Gasteiger partial charge < -0.3 is 5.32 Å². The van der Waals surface area contributed by atoms with Gasteiger partial charge in [0.2, 0.25) is 5.91 Å². The number of hydrogen-bond acceptors (Lipinski definition) is 2. The van der Waals surface area contributed by atoms with E-state index in [1.165, 1.54) is 13.8 Å². The molecule has 0 saturated carbocycles. The maximum absolute atomic E-state index is 10.1. The molecule has 0 aromatic heterocycles. The third kappa shape index (κ3) is 37.7. The fourth-order valence-corrected chi connectivity index (χ4v) is 0.249. The highest BCUT2D eigenvalue weighted by molar-refractivity contribution is 5.83. The zero-order valence-electron chi connectivity index (χ0n) is 8.18. The zero-order chi connectivity index (χ0) is 10.6. The normalized spacial score (nSPS) is 6.17. The lowest BCUT2D eigenvalue weighted by atomic mass is 10.4. The van der Waals surface area contributed by atoms with E-state index >= 15 is 0 Å². The molecule has 0 rings (SSSR count). The summed E-state index contributed by atoms with van der Waals surface area (Å²) < 4.78 is 0. The number of carbonyl (C=O) groups excluding carboxylic acids is 2. The average Bonchev–Trinajstić information content (AvgIpc) is 2.08. The lowest BCUT2D eigenvalue weighted by Crippen LogP contribution is -2.25. The molecule has 70 valence electrons. The van der Waals surface area contributed by atoms with Crippen LogP contribution in [0.1, 0.15) is 27.7 Å². The van der Waals surface area contributed by atoms with Crippen LogP contribution in [0, 0.1) is 12.8 Å². The first kappa shape index (κ1) is 17.0. The Kier molecular flexibility index (Phi) is 23.1. The first-order valence-corrected chi connectivity index (χ1v) is 3.70. The van der Waals surface area contributed by atoms with Crippen molar-refractivity contribution in [2.75, 3.05) is 6.54 Å². The summed E-state index contributed by atoms with van der Waals surface area (Å²) in [6.45, 7) is 6.95. The Morgan fingerprint density at radius 3 is 1.58 bits per heavy atom. The van der Waals surface area contributed by atoms with Crippen LogP contribution < -0.4 is 5.32 Å². The van der Waals surface area contributed by atoms with Gasteiger partial charge in [0.1, 0.15) is 5.78 Å². The summed E-state index contributed by atoms with van der Waals surface area (Å²) in [4.78, 5) is 20.2. The molecular weight excluding hydrogens is 154 g/mol. The summed E-state index contributed by atoms with van der Waals surface area (Å²) in [6.07, 6.45) is 8.00. The predicted octanol–water partition coefficient (Wildman–Crippen LogP) is 0.987. The fourth-order valence-electron chi connectivity index (χ4n) is 0.249. The molecule has 0 aliphatic heterocycles. The van der Waals surface area contributed by atoms with Crippen molar-refractivity contribution in [3.8, 4) is 12.8 Å². The first-order chi connectivity index (χ1) is 5.63. The highest BCUT2D eigenvalue weighted by atomic mass is 16.2. The van der Waals surface area contributed by atoms with Gasteiger partial charge in [-0.05, 0) is 6.92 Å². The van der Waals surface area contributed by atoms with E-state index in [4.69, 9.17) is 0 Å². The molecule has 3 nitrogen and oxygen atoms in total. The van der Waals surface area contributed by atoms with Crippen molar-refractivity contribution in [2.24, 2.45) is 0 Å². The van der Waals surface area contributed by atoms with Gasteiger partial charge in [0.15, 0.2) is 0 Å². The van der Waals surface area contributed by atoms with Gasteiger partial charge in [-0.3, -0.25) is 9.59 Å². The molecule has 1 amide bonds. The van der Waals surface area contributed by atoms with E-state index in [0.717, 1.165) is 0 Å². The Bertz CT molecular complexity index is 125. The number of rotatable bonds is 2. The molecular formula is C9H17NO2. The monoisotopic (exact) mass is 171 g/mol. The minimum Gasteiger partial charge on any atom is -0.349 e. The minimum atomic E-state index is -0.166. The Labute approximate surface area is 74.5 Å². The largest absolute Gasteiger partial charge is 0.349 e. The molecule has 0 radical (unpaired) electrons. The molecule has 0 bridgehead atoms. The van der Waals surface area contributed by atoms with Gasteiger partial charge in [-0.25, -0.2) is 0 Å². The number of carbonyl (C=O) groups is 2. The summed E-state index contributed by atoms with van der Waals surface area (Å²) >= 11 is 0. The molecule has 0 spiro atoms. The van der Waals surface area contributed by atoms with E-state index in [0.29, 0.717) is 0 Å². The third-order valence-corrected chi connectivity index (χ3v) is 0.586. The van der Waals surface area contributed by atoms with E-state index in [1.54, 1.807) is 0 Å². The molecule has 0 fully saturated rings. The number of amides is 1. The molecule has 0 aromatic carbocycles. The summed E-state index contributed by atoms with van der Waals surface area (Å²) in [5.74, 6) is -0.194. The van der Waals surface area contributed by atoms with Gasteiger partial charge in [-0.1, -0.05) is 13.8 Å². The zero-order valence-corrected chi connectivity index (χ0v) is 8.18. The van der Waals surface area contributed by atoms with Crippen LogP contribution in [0.25, 0.3) is 0 Å². The van der Waals surface area contributed by atoms with Gasteiger partial charge in [-0.2, -0.15) is 0 Å². The second kappa shape index (κ2) is 16.4. The van der Waals surface area contributed by atoms with E-state index in [1.807, 2.05) is 13.8 Å². The lowest BCUT2D eigenvalue weighted by Gasteiger charge is -1.93. The number of terminal acetylenes is 1. The summed E-state index contributed by atoms with van der Waals surface area (Å²) in [7, 11) is 0. The van der Waals surface area contributed by atoms with Gasteiger partial charge in [0.05, 0.1) is 6.54 Å². The number of hydrogen-bond donors (Lipinski definition) is 1. The SMILES string of the molecule is C#C.CC.CC(=O)CNC(C)=O. The Morgan fingerprint density at radius 2 is 1.50 bits per heavy atom. The van der Waals surface area contributed by atoms with Crippen LogP contribution in [0.5, 0.6) is 0 Å². The molecule has 12 heavy (non-hydrogen) atoms. The molecule has 1 N–H and O–H groups in total. The van der Waals surface area contributed by atoms with Crippen LogP contribution in [0.4, 0.5) is 0 Å². The molecule has 0 unspecified atom stereocenters. The smallest absolute Gasteiger partial charge is 0.217 e. The molecule has 0 aliphatic carbocycles. The van der Waals surface area contributed by atoms with E-state index in [-0.39, 0.29) is 18.2 Å². The standard InChI is InChI=1S/C5H9NO2.C2H6.C2H2/c1-4(7)3-6-5(2)8;2*1-2/h3H2,1-2H3,(H,6,8);1-2H3;1-2H. The van der Waals surface area contributed by atoms with Crippen molar-refractivity contribution in [1.29, 1.82) is 0 Å². The first-order valence-electron chi connectivity index (χ1n) is 3.70. The molecule has 0 heterocycles. The van der Waals surface area contributed by atoms with Crippen molar-refractivity contribution in [2.45, 2.75) is 27.7 Å². The molecule has 0 atom stereocenters. The Balaban J connectivity index is -0.000000175. The predicted molar refractivity (Wildman–Crippen MR) is 50.6 cm³/mol. The highest BCUT2D eigenvalue weighted by Crippen LogP contribution is 1.63. The summed E-state index contributed by atoms with van der Waals surface area (Å²) in [6, 6.07) is 0. The Morgan fingerprint density at radius 1 is 1.17 bits per heavy atom. The Hall–Kier alpha value is -1.30. The van der Waals surface area contributed by atoms with Gasteiger partial charge >= 0.3 is 0 Å². The molecule has 0 aliphatic rings. The topological polar surface area (TPSA) is 46.2 Å². The van der Waals surface area contributed by atoms with E-state index < -0.39 is 0 Å². The van der Waals surface area contributed by atoms with Crippen molar-refractivity contribution < 1.29 is 9.59 Å². The maximum atomic E-state index is 10.1. The van der Waals surface area contributed by atoms with Crippen molar-refractivity contribution in [3.63, 3.8) is 0 Å². The minimum absolute atomic E-state index is 0.0276. The summed E-state index contributed by atoms with van der Waals surface area (Å²) in [5, 5.41) is 2.36. The second-order valence-corrected chi connectivity index (χ2v) is 1.61. The van der Waals surface area contributed by atoms with Gasteiger partial charge in [0, 0.05) is 6.92 Å². The van der Waals surface area contributed by atoms with Crippen LogP contribution in [0.2, 0.25) is 0 Å². The quantitative estimate of drug-likeness (QED) is 0.630. The lowest BCUT2D eigenvalue weighted by molar-refractivity contribution is -0.123. The second-order valence-electron chi connectivity index (χ2n) is 1.61. The molecule has 3 heteroatoms. The number of Topliss-reactive ketones (excluding diaryl/α,β-unsaturated/α-hetero) is 1. The van der Waals surface area contributed by atoms with E-state index in [2.05, 4.69) is 18.2 Å². The molecule has 0 aromatic rings. The van der Waals surface area contributed by atoms with Crippen LogP contribution in [-0.4, -0.2) is 18.2 Å². The maximum Gasteiger partial charge on any atom is 0.217 e. The van der Waals surface area contributed by atoms with Gasteiger partial charge in [-0.15, -0.1) is 12.8 Å². The van der Waals surface area contributed by atoms with Crippen molar-refractivity contribution in [1.82, 2.24) is 5.32 Å². The fraction of sp³-hybridized carbons (Fsp3) is 0.556. The molecule has 0 saturated heterocycles. The highest BCUT2D eigenvalue weighted by Gasteiger charge is 1.91. The average molecular weight is 171 g/mol. The number of nitrogens with one attached hydrogen (secondary N) is 1. The van der Waals surface area contributed by atoms with Crippen LogP contribution in [0.3, 0.4) is 0 Å².